The van der Waals surface area contributed by atoms with Gasteiger partial charge in [-0.25, -0.2) is 0 Å². The Morgan fingerprint density at radius 1 is 0.592 bits per heavy atom. The van der Waals surface area contributed by atoms with E-state index in [9.17, 15) is 18.0 Å². The summed E-state index contributed by atoms with van der Waals surface area (Å²) in [6, 6.07) is 44.2. The van der Waals surface area contributed by atoms with E-state index in [4.69, 9.17) is 0 Å². The van der Waals surface area contributed by atoms with E-state index < -0.39 is 23.3 Å². The lowest BCUT2D eigenvalue weighted by Gasteiger charge is -2.60. The fourth-order valence-electron chi connectivity index (χ4n) is 7.39. The van der Waals surface area contributed by atoms with Gasteiger partial charge in [0.05, 0.1) is 17.6 Å². The number of likely N-dealkylation sites (tertiary alicyclic amines) is 1. The normalized spacial score (nSPS) is 16.4. The smallest absolute Gasteiger partial charge is 0.324 e. The van der Waals surface area contributed by atoms with Gasteiger partial charge in [-0.15, -0.1) is 0 Å². The maximum atomic E-state index is 15.1. The summed E-state index contributed by atoms with van der Waals surface area (Å²) in [7, 11) is 0. The van der Waals surface area contributed by atoms with Crippen molar-refractivity contribution in [1.29, 1.82) is 0 Å². The standard InChI is InChI=1S/C41H36F3N3O2/c42-41(43,44)35-23-21-30(22-24-35)25-26-47-36(48)27-46(38(33-17-9-3-10-18-33)34-19-11-4-12-20-34)39(49)40(47)28-45(29-40)37(31-13-5-1-6-14-31)32-15-7-2-8-16-32/h1-24,37-38H,25-29H2. The zero-order valence-electron chi connectivity index (χ0n) is 26.8. The van der Waals surface area contributed by atoms with Crippen molar-refractivity contribution >= 4 is 11.8 Å². The largest absolute Gasteiger partial charge is 0.416 e. The van der Waals surface area contributed by atoms with Crippen LogP contribution in [0.2, 0.25) is 0 Å². The summed E-state index contributed by atoms with van der Waals surface area (Å²) in [6.45, 7) is 0.723. The first-order valence-electron chi connectivity index (χ1n) is 16.5. The number of halogens is 3. The average molecular weight is 660 g/mol. The Balaban J connectivity index is 1.25. The zero-order chi connectivity index (χ0) is 34.0. The van der Waals surface area contributed by atoms with Crippen molar-refractivity contribution in [2.75, 3.05) is 26.2 Å². The van der Waals surface area contributed by atoms with E-state index in [0.29, 0.717) is 25.1 Å². The summed E-state index contributed by atoms with van der Waals surface area (Å²) in [4.78, 5) is 35.0. The lowest BCUT2D eigenvalue weighted by Crippen LogP contribution is -2.81. The number of amides is 2. The van der Waals surface area contributed by atoms with Gasteiger partial charge in [-0.1, -0.05) is 133 Å². The third kappa shape index (κ3) is 6.36. The molecule has 49 heavy (non-hydrogen) atoms. The third-order valence-corrected chi connectivity index (χ3v) is 9.76. The first kappa shape index (κ1) is 32.3. The summed E-state index contributed by atoms with van der Waals surface area (Å²) in [5, 5.41) is 0. The van der Waals surface area contributed by atoms with Crippen LogP contribution >= 0.6 is 0 Å². The highest BCUT2D eigenvalue weighted by Gasteiger charge is 2.61. The Morgan fingerprint density at radius 2 is 1.02 bits per heavy atom. The minimum Gasteiger partial charge on any atom is -0.324 e. The van der Waals surface area contributed by atoms with Crippen LogP contribution in [0.25, 0.3) is 0 Å². The third-order valence-electron chi connectivity index (χ3n) is 9.76. The topological polar surface area (TPSA) is 43.9 Å². The van der Waals surface area contributed by atoms with Gasteiger partial charge in [-0.05, 0) is 46.4 Å². The fraction of sp³-hybridized carbons (Fsp3) is 0.220. The monoisotopic (exact) mass is 659 g/mol. The molecule has 0 aliphatic carbocycles. The van der Waals surface area contributed by atoms with E-state index in [2.05, 4.69) is 29.2 Å². The first-order chi connectivity index (χ1) is 23.7. The first-order valence-corrected chi connectivity index (χ1v) is 16.5. The second kappa shape index (κ2) is 13.4. The Hall–Kier alpha value is -5.21. The number of nitrogens with zero attached hydrogens (tertiary/aromatic N) is 3. The number of benzene rings is 5. The van der Waals surface area contributed by atoms with Crippen molar-refractivity contribution in [2.24, 2.45) is 0 Å². The molecule has 5 aromatic carbocycles. The molecule has 0 aromatic heterocycles. The van der Waals surface area contributed by atoms with Crippen molar-refractivity contribution in [3.05, 3.63) is 179 Å². The van der Waals surface area contributed by atoms with Gasteiger partial charge in [0, 0.05) is 19.6 Å². The minimum atomic E-state index is -4.43. The number of alkyl halides is 3. The molecule has 1 spiro atoms. The van der Waals surface area contributed by atoms with Crippen molar-refractivity contribution in [1.82, 2.24) is 14.7 Å². The average Bonchev–Trinajstić information content (AvgIpc) is 3.11. The molecule has 0 N–H and O–H groups in total. The maximum Gasteiger partial charge on any atom is 0.416 e. The van der Waals surface area contributed by atoms with Crippen LogP contribution < -0.4 is 0 Å². The van der Waals surface area contributed by atoms with Crippen LogP contribution in [-0.2, 0) is 22.2 Å². The molecule has 0 radical (unpaired) electrons. The van der Waals surface area contributed by atoms with Crippen molar-refractivity contribution in [3.8, 4) is 0 Å². The van der Waals surface area contributed by atoms with Gasteiger partial charge < -0.3 is 9.80 Å². The molecule has 2 aliphatic rings. The molecule has 0 atom stereocenters. The SMILES string of the molecule is O=C1CN(C(c2ccccc2)c2ccccc2)C(=O)C2(CN(C(c3ccccc3)c3ccccc3)C2)N1CCc1ccc(C(F)(F)F)cc1. The summed E-state index contributed by atoms with van der Waals surface area (Å²) in [6.07, 6.45) is -4.11. The molecule has 0 unspecified atom stereocenters. The van der Waals surface area contributed by atoms with Crippen LogP contribution in [0.1, 0.15) is 45.5 Å². The van der Waals surface area contributed by atoms with E-state index in [0.717, 1.165) is 34.4 Å². The molecule has 2 aliphatic heterocycles. The van der Waals surface area contributed by atoms with E-state index in [1.54, 1.807) is 9.80 Å². The molecule has 0 saturated carbocycles. The molecule has 2 heterocycles. The number of carbonyl (C=O) groups is 2. The molecule has 5 aromatic rings. The fourth-order valence-corrected chi connectivity index (χ4v) is 7.39. The lowest BCUT2D eigenvalue weighted by atomic mass is 9.79. The Labute approximate surface area is 284 Å². The van der Waals surface area contributed by atoms with E-state index in [1.807, 2.05) is 97.1 Å². The van der Waals surface area contributed by atoms with Gasteiger partial charge in [-0.3, -0.25) is 14.5 Å². The molecule has 2 fully saturated rings. The molecular formula is C41H36F3N3O2. The van der Waals surface area contributed by atoms with Crippen LogP contribution in [-0.4, -0.2) is 58.2 Å². The molecule has 8 heteroatoms. The van der Waals surface area contributed by atoms with Crippen molar-refractivity contribution in [2.45, 2.75) is 30.2 Å². The van der Waals surface area contributed by atoms with Crippen LogP contribution in [0.4, 0.5) is 13.2 Å². The predicted octanol–water partition coefficient (Wildman–Crippen LogP) is 7.55. The molecular weight excluding hydrogens is 623 g/mol. The Bertz CT molecular complexity index is 1800. The number of hydrogen-bond donors (Lipinski definition) is 0. The van der Waals surface area contributed by atoms with Gasteiger partial charge >= 0.3 is 6.18 Å². The number of hydrogen-bond acceptors (Lipinski definition) is 3. The minimum absolute atomic E-state index is 0.108. The second-order valence-corrected chi connectivity index (χ2v) is 12.8. The summed E-state index contributed by atoms with van der Waals surface area (Å²) < 4.78 is 39.7. The molecule has 2 saturated heterocycles. The zero-order valence-corrected chi connectivity index (χ0v) is 26.8. The second-order valence-electron chi connectivity index (χ2n) is 12.8. The molecule has 248 valence electrons. The summed E-state index contributed by atoms with van der Waals surface area (Å²) >= 11 is 0. The lowest BCUT2D eigenvalue weighted by molar-refractivity contribution is -0.182. The van der Waals surface area contributed by atoms with Crippen molar-refractivity contribution in [3.63, 3.8) is 0 Å². The van der Waals surface area contributed by atoms with Crippen molar-refractivity contribution < 1.29 is 22.8 Å². The quantitative estimate of drug-likeness (QED) is 0.164. The van der Waals surface area contributed by atoms with Crippen LogP contribution in [0.5, 0.6) is 0 Å². The van der Waals surface area contributed by atoms with Crippen LogP contribution in [0, 0.1) is 0 Å². The highest BCUT2D eigenvalue weighted by atomic mass is 19.4. The van der Waals surface area contributed by atoms with Crippen LogP contribution in [0.3, 0.4) is 0 Å². The van der Waals surface area contributed by atoms with Gasteiger partial charge in [-0.2, -0.15) is 13.2 Å². The summed E-state index contributed by atoms with van der Waals surface area (Å²) in [5.41, 5.74) is 2.78. The number of carbonyl (C=O) groups excluding carboxylic acids is 2. The van der Waals surface area contributed by atoms with Gasteiger partial charge in [0.1, 0.15) is 12.1 Å². The molecule has 2 amide bonds. The summed E-state index contributed by atoms with van der Waals surface area (Å²) in [5.74, 6) is -0.313. The van der Waals surface area contributed by atoms with Crippen LogP contribution in [0.15, 0.2) is 146 Å². The van der Waals surface area contributed by atoms with Gasteiger partial charge in [0.15, 0.2) is 0 Å². The Morgan fingerprint density at radius 3 is 1.45 bits per heavy atom. The predicted molar refractivity (Wildman–Crippen MR) is 182 cm³/mol. The van der Waals surface area contributed by atoms with Gasteiger partial charge in [0.25, 0.3) is 5.91 Å². The molecule has 0 bridgehead atoms. The molecule has 5 nitrogen and oxygen atoms in total. The Kier molecular flexibility index (Phi) is 8.82. The van der Waals surface area contributed by atoms with E-state index >= 15 is 4.79 Å². The molecule has 7 rings (SSSR count). The van der Waals surface area contributed by atoms with E-state index in [-0.39, 0.29) is 30.9 Å². The highest BCUT2D eigenvalue weighted by Crippen LogP contribution is 2.44. The van der Waals surface area contributed by atoms with Gasteiger partial charge in [0.2, 0.25) is 5.91 Å². The number of piperazine rings is 1. The highest BCUT2D eigenvalue weighted by molar-refractivity contribution is 6.00. The number of rotatable bonds is 9. The van der Waals surface area contributed by atoms with E-state index in [1.165, 1.54) is 12.1 Å². The maximum absolute atomic E-state index is 15.1.